The summed E-state index contributed by atoms with van der Waals surface area (Å²) in [6.45, 7) is -0.653. The summed E-state index contributed by atoms with van der Waals surface area (Å²) in [5, 5.41) is 2.35. The lowest BCUT2D eigenvalue weighted by atomic mass is 10.3. The van der Waals surface area contributed by atoms with Crippen LogP contribution in [0.1, 0.15) is 0 Å². The summed E-state index contributed by atoms with van der Waals surface area (Å²) in [5.41, 5.74) is -0.268. The van der Waals surface area contributed by atoms with E-state index in [9.17, 15) is 22.0 Å². The Kier molecular flexibility index (Phi) is 5.76. The molecule has 0 unspecified atom stereocenters. The van der Waals surface area contributed by atoms with Crippen molar-refractivity contribution < 1.29 is 22.0 Å². The van der Waals surface area contributed by atoms with E-state index in [2.05, 4.69) is 5.32 Å². The molecule has 0 atom stereocenters. The summed E-state index contributed by atoms with van der Waals surface area (Å²) in [7, 11) is -4.01. The largest absolute Gasteiger partial charge is 0.322 e. The van der Waals surface area contributed by atoms with Gasteiger partial charge in [-0.2, -0.15) is 0 Å². The number of halogens is 4. The molecule has 2 aromatic rings. The van der Waals surface area contributed by atoms with E-state index in [1.54, 1.807) is 0 Å². The summed E-state index contributed by atoms with van der Waals surface area (Å²) in [4.78, 5) is 11.5. The summed E-state index contributed by atoms with van der Waals surface area (Å²) in [5.74, 6) is -2.61. The van der Waals surface area contributed by atoms with E-state index >= 15 is 0 Å². The number of sulfonamides is 1. The molecule has 0 aliphatic rings. The number of carbonyl (C=O) groups is 1. The maximum atomic E-state index is 13.4. The zero-order valence-corrected chi connectivity index (χ0v) is 14.1. The molecule has 0 spiro atoms. The van der Waals surface area contributed by atoms with Crippen LogP contribution in [0.4, 0.5) is 14.5 Å². The van der Waals surface area contributed by atoms with Crippen molar-refractivity contribution in [3.8, 4) is 0 Å². The van der Waals surface area contributed by atoms with E-state index < -0.39 is 34.1 Å². The highest BCUT2D eigenvalue weighted by Crippen LogP contribution is 2.24. The molecule has 0 radical (unpaired) electrons. The average Bonchev–Trinajstić information content (AvgIpc) is 2.51. The first-order valence-corrected chi connectivity index (χ1v) is 8.62. The van der Waals surface area contributed by atoms with E-state index in [1.807, 2.05) is 4.72 Å². The molecular formula is C14H10Cl2F2N2O3S. The molecule has 0 aliphatic heterocycles. The van der Waals surface area contributed by atoms with Crippen LogP contribution in [0.15, 0.2) is 41.3 Å². The molecule has 128 valence electrons. The predicted molar refractivity (Wildman–Crippen MR) is 86.6 cm³/mol. The van der Waals surface area contributed by atoms with Gasteiger partial charge in [-0.15, -0.1) is 0 Å². The number of anilines is 1. The SMILES string of the molecule is O=C(CNS(=O)(=O)c1ccc(Cl)c(Cl)c1)Nc1ccc(F)cc1F. The average molecular weight is 395 g/mol. The smallest absolute Gasteiger partial charge is 0.241 e. The Hall–Kier alpha value is -1.74. The minimum atomic E-state index is -4.01. The van der Waals surface area contributed by atoms with Gasteiger partial charge in [-0.05, 0) is 30.3 Å². The van der Waals surface area contributed by atoms with Crippen LogP contribution in [0.3, 0.4) is 0 Å². The molecule has 0 aromatic heterocycles. The second kappa shape index (κ2) is 7.43. The third kappa shape index (κ3) is 4.64. The topological polar surface area (TPSA) is 75.3 Å². The zero-order valence-electron chi connectivity index (χ0n) is 11.8. The van der Waals surface area contributed by atoms with E-state index in [-0.39, 0.29) is 20.6 Å². The Bertz CT molecular complexity index is 892. The van der Waals surface area contributed by atoms with Crippen LogP contribution in [0.25, 0.3) is 0 Å². The number of benzene rings is 2. The highest BCUT2D eigenvalue weighted by Gasteiger charge is 2.17. The third-order valence-electron chi connectivity index (χ3n) is 2.83. The van der Waals surface area contributed by atoms with Gasteiger partial charge in [0.05, 0.1) is 27.2 Å². The molecule has 0 heterocycles. The number of nitrogens with one attached hydrogen (secondary N) is 2. The van der Waals surface area contributed by atoms with Crippen molar-refractivity contribution in [3.05, 3.63) is 58.1 Å². The number of rotatable bonds is 5. The second-order valence-electron chi connectivity index (χ2n) is 4.57. The molecule has 0 aliphatic carbocycles. The van der Waals surface area contributed by atoms with Crippen molar-refractivity contribution in [2.24, 2.45) is 0 Å². The molecular weight excluding hydrogens is 385 g/mol. The molecule has 0 fully saturated rings. The molecule has 10 heteroatoms. The van der Waals surface area contributed by atoms with E-state index in [1.165, 1.54) is 12.1 Å². The van der Waals surface area contributed by atoms with Gasteiger partial charge in [-0.3, -0.25) is 4.79 Å². The van der Waals surface area contributed by atoms with Gasteiger partial charge in [0.2, 0.25) is 15.9 Å². The van der Waals surface area contributed by atoms with E-state index in [4.69, 9.17) is 23.2 Å². The molecule has 2 N–H and O–H groups in total. The van der Waals surface area contributed by atoms with Crippen LogP contribution in [0, 0.1) is 11.6 Å². The van der Waals surface area contributed by atoms with Crippen LogP contribution >= 0.6 is 23.2 Å². The first-order valence-electron chi connectivity index (χ1n) is 6.38. The maximum absolute atomic E-state index is 13.4. The summed E-state index contributed by atoms with van der Waals surface area (Å²) in [6, 6.07) is 6.22. The predicted octanol–water partition coefficient (Wildman–Crippen LogP) is 3.19. The lowest BCUT2D eigenvalue weighted by Gasteiger charge is -2.09. The van der Waals surface area contributed by atoms with Crippen molar-refractivity contribution in [2.75, 3.05) is 11.9 Å². The Morgan fingerprint density at radius 2 is 1.75 bits per heavy atom. The summed E-state index contributed by atoms with van der Waals surface area (Å²) < 4.78 is 52.3. The summed E-state index contributed by atoms with van der Waals surface area (Å²) in [6.07, 6.45) is 0. The van der Waals surface area contributed by atoms with Gasteiger partial charge in [-0.25, -0.2) is 21.9 Å². The van der Waals surface area contributed by atoms with E-state index in [0.717, 1.165) is 18.2 Å². The fraction of sp³-hybridized carbons (Fsp3) is 0.0714. The Labute approximate surface area is 146 Å². The lowest BCUT2D eigenvalue weighted by molar-refractivity contribution is -0.115. The molecule has 1 amide bonds. The van der Waals surface area contributed by atoms with Gasteiger partial charge in [0.15, 0.2) is 0 Å². The third-order valence-corrected chi connectivity index (χ3v) is 4.97. The van der Waals surface area contributed by atoms with Gasteiger partial charge in [0.1, 0.15) is 11.6 Å². The first kappa shape index (κ1) is 18.6. The van der Waals surface area contributed by atoms with Crippen LogP contribution in [-0.4, -0.2) is 20.9 Å². The fourth-order valence-electron chi connectivity index (χ4n) is 1.67. The first-order chi connectivity index (χ1) is 11.2. The number of carbonyl (C=O) groups excluding carboxylic acids is 1. The monoisotopic (exact) mass is 394 g/mol. The second-order valence-corrected chi connectivity index (χ2v) is 7.15. The normalized spacial score (nSPS) is 11.3. The Morgan fingerprint density at radius 1 is 1.04 bits per heavy atom. The van der Waals surface area contributed by atoms with Gasteiger partial charge < -0.3 is 5.32 Å². The van der Waals surface area contributed by atoms with Gasteiger partial charge in [0.25, 0.3) is 0 Å². The maximum Gasteiger partial charge on any atom is 0.241 e. The summed E-state index contributed by atoms with van der Waals surface area (Å²) >= 11 is 11.4. The van der Waals surface area contributed by atoms with Crippen LogP contribution in [0.5, 0.6) is 0 Å². The van der Waals surface area contributed by atoms with Crippen molar-refractivity contribution in [1.29, 1.82) is 0 Å². The fourth-order valence-corrected chi connectivity index (χ4v) is 3.04. The molecule has 2 rings (SSSR count). The minimum Gasteiger partial charge on any atom is -0.322 e. The van der Waals surface area contributed by atoms with Crippen LogP contribution in [0.2, 0.25) is 10.0 Å². The Morgan fingerprint density at radius 3 is 2.38 bits per heavy atom. The number of hydrogen-bond acceptors (Lipinski definition) is 3. The molecule has 5 nitrogen and oxygen atoms in total. The van der Waals surface area contributed by atoms with Crippen molar-refractivity contribution in [3.63, 3.8) is 0 Å². The molecule has 0 bridgehead atoms. The van der Waals surface area contributed by atoms with Crippen molar-refractivity contribution in [1.82, 2.24) is 4.72 Å². The molecule has 2 aromatic carbocycles. The standard InChI is InChI=1S/C14H10Cl2F2N2O3S/c15-10-3-2-9(6-11(10)16)24(22,23)19-7-14(21)20-13-4-1-8(17)5-12(13)18/h1-6,19H,7H2,(H,20,21). The lowest BCUT2D eigenvalue weighted by Crippen LogP contribution is -2.33. The highest BCUT2D eigenvalue weighted by atomic mass is 35.5. The zero-order chi connectivity index (χ0) is 17.9. The highest BCUT2D eigenvalue weighted by molar-refractivity contribution is 7.89. The number of amides is 1. The van der Waals surface area contributed by atoms with Crippen molar-refractivity contribution >= 4 is 44.8 Å². The minimum absolute atomic E-state index is 0.0392. The molecule has 24 heavy (non-hydrogen) atoms. The molecule has 0 saturated carbocycles. The Balaban J connectivity index is 2.03. The van der Waals surface area contributed by atoms with Crippen LogP contribution < -0.4 is 10.0 Å². The van der Waals surface area contributed by atoms with Crippen molar-refractivity contribution in [2.45, 2.75) is 4.90 Å². The van der Waals surface area contributed by atoms with Gasteiger partial charge in [0, 0.05) is 6.07 Å². The molecule has 0 saturated heterocycles. The quantitative estimate of drug-likeness (QED) is 0.817. The van der Waals surface area contributed by atoms with Gasteiger partial charge >= 0.3 is 0 Å². The van der Waals surface area contributed by atoms with Crippen LogP contribution in [-0.2, 0) is 14.8 Å². The van der Waals surface area contributed by atoms with Gasteiger partial charge in [-0.1, -0.05) is 23.2 Å². The number of hydrogen-bond donors (Lipinski definition) is 2. The van der Waals surface area contributed by atoms with E-state index in [0.29, 0.717) is 6.07 Å².